The molecule has 200 valence electrons. The standard InChI is InChI=1S/C24H23ClFN5O6S/c1-12-16(14-10-27-23(36-4)28-11-14)6-7-17(26)20(12)13(2)21(22-29-30-24(32)37-22)31-38(33,34)19-8-5-15(25)9-18(19)35-3/h5-11,13,21,31H,1-4H3,(H,30,32). The van der Waals surface area contributed by atoms with Gasteiger partial charge >= 0.3 is 11.8 Å². The van der Waals surface area contributed by atoms with Crippen molar-refractivity contribution in [2.24, 2.45) is 0 Å². The summed E-state index contributed by atoms with van der Waals surface area (Å²) in [6.45, 7) is 3.27. The predicted octanol–water partition coefficient (Wildman–Crippen LogP) is 3.76. The number of methoxy groups -OCH3 is 2. The van der Waals surface area contributed by atoms with Crippen LogP contribution in [0.15, 0.2) is 56.8 Å². The Morgan fingerprint density at radius 1 is 1.13 bits per heavy atom. The van der Waals surface area contributed by atoms with Crippen molar-refractivity contribution >= 4 is 21.6 Å². The van der Waals surface area contributed by atoms with Crippen molar-refractivity contribution in [2.75, 3.05) is 14.2 Å². The number of halogens is 2. The molecule has 14 heteroatoms. The Morgan fingerprint density at radius 2 is 1.84 bits per heavy atom. The van der Waals surface area contributed by atoms with Gasteiger partial charge in [-0.25, -0.2) is 32.7 Å². The van der Waals surface area contributed by atoms with E-state index in [1.807, 2.05) is 0 Å². The van der Waals surface area contributed by atoms with Crippen LogP contribution in [0.5, 0.6) is 11.8 Å². The monoisotopic (exact) mass is 563 g/mol. The third-order valence-corrected chi connectivity index (χ3v) is 7.67. The van der Waals surface area contributed by atoms with E-state index in [4.69, 9.17) is 25.5 Å². The summed E-state index contributed by atoms with van der Waals surface area (Å²) >= 11 is 5.98. The fourth-order valence-corrected chi connectivity index (χ4v) is 5.71. The van der Waals surface area contributed by atoms with Gasteiger partial charge in [-0.05, 0) is 41.8 Å². The van der Waals surface area contributed by atoms with Gasteiger partial charge in [-0.1, -0.05) is 24.6 Å². The van der Waals surface area contributed by atoms with E-state index in [-0.39, 0.29) is 33.1 Å². The number of benzene rings is 2. The first kappa shape index (κ1) is 27.2. The maximum atomic E-state index is 15.3. The third-order valence-electron chi connectivity index (χ3n) is 5.96. The number of ether oxygens (including phenoxy) is 2. The van der Waals surface area contributed by atoms with Gasteiger partial charge in [0.15, 0.2) is 0 Å². The molecule has 4 aromatic rings. The van der Waals surface area contributed by atoms with Crippen molar-refractivity contribution in [2.45, 2.75) is 30.7 Å². The van der Waals surface area contributed by atoms with Crippen LogP contribution in [0.1, 0.15) is 35.9 Å². The third kappa shape index (κ3) is 5.39. The molecule has 2 aromatic carbocycles. The van der Waals surface area contributed by atoms with Crippen molar-refractivity contribution < 1.29 is 26.7 Å². The van der Waals surface area contributed by atoms with Crippen LogP contribution in [0.4, 0.5) is 4.39 Å². The average molecular weight is 564 g/mol. The quantitative estimate of drug-likeness (QED) is 0.310. The first-order chi connectivity index (χ1) is 18.1. The Morgan fingerprint density at radius 3 is 2.45 bits per heavy atom. The van der Waals surface area contributed by atoms with Crippen molar-refractivity contribution in [3.63, 3.8) is 0 Å². The molecule has 0 aliphatic carbocycles. The molecule has 0 radical (unpaired) electrons. The van der Waals surface area contributed by atoms with E-state index in [1.54, 1.807) is 19.9 Å². The number of sulfonamides is 1. The van der Waals surface area contributed by atoms with Crippen LogP contribution < -0.4 is 20.0 Å². The summed E-state index contributed by atoms with van der Waals surface area (Å²) in [5, 5.41) is 6.20. The van der Waals surface area contributed by atoms with Crippen LogP contribution in [0, 0.1) is 12.7 Å². The molecule has 0 fully saturated rings. The summed E-state index contributed by atoms with van der Waals surface area (Å²) in [6.07, 6.45) is 3.06. The van der Waals surface area contributed by atoms with E-state index >= 15 is 4.39 Å². The zero-order valence-corrected chi connectivity index (χ0v) is 22.2. The lowest BCUT2D eigenvalue weighted by Crippen LogP contribution is -2.33. The Hall–Kier alpha value is -3.81. The zero-order chi connectivity index (χ0) is 27.6. The predicted molar refractivity (Wildman–Crippen MR) is 135 cm³/mol. The minimum Gasteiger partial charge on any atom is -0.495 e. The number of H-pyrrole nitrogens is 1. The highest BCUT2D eigenvalue weighted by Gasteiger charge is 2.34. The van der Waals surface area contributed by atoms with E-state index < -0.39 is 33.6 Å². The van der Waals surface area contributed by atoms with Gasteiger partial charge in [-0.3, -0.25) is 0 Å². The minimum atomic E-state index is -4.31. The molecule has 2 heterocycles. The minimum absolute atomic E-state index is 0.0104. The van der Waals surface area contributed by atoms with Gasteiger partial charge < -0.3 is 13.9 Å². The van der Waals surface area contributed by atoms with E-state index in [0.717, 1.165) is 0 Å². The largest absolute Gasteiger partial charge is 0.495 e. The summed E-state index contributed by atoms with van der Waals surface area (Å²) < 4.78 is 60.0. The second-order valence-corrected chi connectivity index (χ2v) is 10.3. The molecule has 11 nitrogen and oxygen atoms in total. The normalized spacial score (nSPS) is 13.2. The van der Waals surface area contributed by atoms with Gasteiger partial charge in [0.2, 0.25) is 15.9 Å². The van der Waals surface area contributed by atoms with E-state index in [1.165, 1.54) is 50.9 Å². The molecule has 0 amide bonds. The molecule has 2 unspecified atom stereocenters. The molecule has 0 spiro atoms. The lowest BCUT2D eigenvalue weighted by atomic mass is 9.86. The van der Waals surface area contributed by atoms with Crippen molar-refractivity contribution in [1.29, 1.82) is 0 Å². The summed E-state index contributed by atoms with van der Waals surface area (Å²) in [6, 6.07) is 5.69. The van der Waals surface area contributed by atoms with E-state index in [9.17, 15) is 13.2 Å². The molecule has 0 saturated carbocycles. The molecule has 2 atom stereocenters. The topological polar surface area (TPSA) is 149 Å². The van der Waals surface area contributed by atoms with Gasteiger partial charge in [-0.15, -0.1) is 5.10 Å². The van der Waals surface area contributed by atoms with Gasteiger partial charge in [0, 0.05) is 35.0 Å². The smallest absolute Gasteiger partial charge is 0.434 e. The number of nitrogens with zero attached hydrogens (tertiary/aromatic N) is 3. The van der Waals surface area contributed by atoms with Gasteiger partial charge in [-0.2, -0.15) is 4.72 Å². The number of nitrogens with one attached hydrogen (secondary N) is 2. The van der Waals surface area contributed by atoms with Crippen LogP contribution in [-0.2, 0) is 10.0 Å². The number of aromatic nitrogens is 4. The van der Waals surface area contributed by atoms with E-state index in [0.29, 0.717) is 16.7 Å². The second kappa shape index (κ2) is 10.9. The average Bonchev–Trinajstić information content (AvgIpc) is 3.33. The molecule has 2 aromatic heterocycles. The van der Waals surface area contributed by atoms with Crippen molar-refractivity contribution in [3.8, 4) is 22.9 Å². The summed E-state index contributed by atoms with van der Waals surface area (Å²) in [7, 11) is -1.58. The number of hydrogen-bond acceptors (Lipinski definition) is 9. The first-order valence-electron chi connectivity index (χ1n) is 11.1. The summed E-state index contributed by atoms with van der Waals surface area (Å²) in [5.74, 6) is -2.70. The van der Waals surface area contributed by atoms with Crippen LogP contribution in [0.25, 0.3) is 11.1 Å². The second-order valence-electron chi connectivity index (χ2n) is 8.23. The Labute approximate surface area is 222 Å². The van der Waals surface area contributed by atoms with Gasteiger partial charge in [0.1, 0.15) is 22.5 Å². The highest BCUT2D eigenvalue weighted by Crippen LogP contribution is 2.38. The Bertz CT molecular complexity index is 1620. The zero-order valence-electron chi connectivity index (χ0n) is 20.7. The van der Waals surface area contributed by atoms with Crippen LogP contribution in [0.3, 0.4) is 0 Å². The fraction of sp³-hybridized carbons (Fsp3) is 0.250. The molecule has 0 bridgehead atoms. The molecule has 4 rings (SSSR count). The molecular formula is C24H23ClFN5O6S. The maximum Gasteiger partial charge on any atom is 0.434 e. The first-order valence-corrected chi connectivity index (χ1v) is 13.0. The Balaban J connectivity index is 1.81. The van der Waals surface area contributed by atoms with Crippen LogP contribution in [0.2, 0.25) is 5.02 Å². The molecule has 0 aliphatic rings. The lowest BCUT2D eigenvalue weighted by Gasteiger charge is -2.25. The highest BCUT2D eigenvalue weighted by molar-refractivity contribution is 7.89. The summed E-state index contributed by atoms with van der Waals surface area (Å²) in [4.78, 5) is 19.7. The molecule has 0 aliphatic heterocycles. The van der Waals surface area contributed by atoms with Gasteiger partial charge in [0.25, 0.3) is 0 Å². The van der Waals surface area contributed by atoms with Gasteiger partial charge in [0.05, 0.1) is 14.2 Å². The lowest BCUT2D eigenvalue weighted by molar-refractivity contribution is 0.374. The molecule has 2 N–H and O–H groups in total. The SMILES string of the molecule is COc1ncc(-c2ccc(F)c(C(C)C(NS(=O)(=O)c3ccc(Cl)cc3OC)c3n[nH]c(=O)o3)c2C)cn1. The fourth-order valence-electron chi connectivity index (χ4n) is 4.13. The van der Waals surface area contributed by atoms with Crippen LogP contribution in [-0.4, -0.2) is 42.8 Å². The number of hydrogen-bond donors (Lipinski definition) is 2. The van der Waals surface area contributed by atoms with Crippen molar-refractivity contribution in [1.82, 2.24) is 24.9 Å². The highest BCUT2D eigenvalue weighted by atomic mass is 35.5. The molecule has 38 heavy (non-hydrogen) atoms. The van der Waals surface area contributed by atoms with Crippen molar-refractivity contribution in [3.05, 3.63) is 81.1 Å². The number of aromatic amines is 1. The summed E-state index contributed by atoms with van der Waals surface area (Å²) in [5.41, 5.74) is 1.86. The maximum absolute atomic E-state index is 15.3. The Kier molecular flexibility index (Phi) is 7.81. The van der Waals surface area contributed by atoms with Crippen LogP contribution >= 0.6 is 11.6 Å². The number of rotatable bonds is 9. The molecular weight excluding hydrogens is 541 g/mol. The molecule has 0 saturated heterocycles. The van der Waals surface area contributed by atoms with E-state index in [2.05, 4.69) is 24.9 Å².